The fraction of sp³-hybridized carbons (Fsp3) is 0.636. The van der Waals surface area contributed by atoms with Crippen LogP contribution in [0.5, 0.6) is 0 Å². The van der Waals surface area contributed by atoms with Crippen LogP contribution < -0.4 is 10.6 Å². The molecule has 1 aromatic heterocycles. The minimum Gasteiger partial charge on any atom is -0.361 e. The van der Waals surface area contributed by atoms with Gasteiger partial charge in [0.15, 0.2) is 0 Å². The van der Waals surface area contributed by atoms with Gasteiger partial charge in [-0.1, -0.05) is 5.16 Å². The summed E-state index contributed by atoms with van der Waals surface area (Å²) in [5, 5.41) is 9.92. The maximum atomic E-state index is 11.7. The first kappa shape index (κ1) is 14.0. The molecule has 96 valence electrons. The number of halogens is 1. The highest BCUT2D eigenvalue weighted by Gasteiger charge is 2.22. The van der Waals surface area contributed by atoms with Crippen molar-refractivity contribution >= 4 is 18.3 Å². The SMILES string of the molecule is Cc1noc(C)c1CNC(=O)[C@@H]1CCCN1.Cl. The van der Waals surface area contributed by atoms with Gasteiger partial charge in [-0.15, -0.1) is 12.4 Å². The lowest BCUT2D eigenvalue weighted by atomic mass is 10.2. The Kier molecular flexibility index (Phi) is 4.96. The van der Waals surface area contributed by atoms with E-state index < -0.39 is 0 Å². The molecule has 1 aliphatic rings. The Labute approximate surface area is 107 Å². The Morgan fingerprint density at radius 2 is 2.35 bits per heavy atom. The van der Waals surface area contributed by atoms with E-state index in [1.54, 1.807) is 0 Å². The molecule has 1 fully saturated rings. The van der Waals surface area contributed by atoms with E-state index >= 15 is 0 Å². The largest absolute Gasteiger partial charge is 0.361 e. The van der Waals surface area contributed by atoms with Crippen LogP contribution in [-0.4, -0.2) is 23.7 Å². The number of aryl methyl sites for hydroxylation is 2. The maximum absolute atomic E-state index is 11.7. The Hall–Kier alpha value is -1.07. The zero-order valence-electron chi connectivity index (χ0n) is 10.1. The third-order valence-electron chi connectivity index (χ3n) is 3.00. The van der Waals surface area contributed by atoms with E-state index in [0.717, 1.165) is 36.4 Å². The zero-order valence-corrected chi connectivity index (χ0v) is 10.9. The first-order chi connectivity index (χ1) is 7.68. The average molecular weight is 260 g/mol. The first-order valence-electron chi connectivity index (χ1n) is 5.61. The minimum absolute atomic E-state index is 0. The van der Waals surface area contributed by atoms with Crippen molar-refractivity contribution in [2.24, 2.45) is 0 Å². The Morgan fingerprint density at radius 3 is 2.88 bits per heavy atom. The first-order valence-corrected chi connectivity index (χ1v) is 5.61. The van der Waals surface area contributed by atoms with Gasteiger partial charge in [-0.25, -0.2) is 0 Å². The quantitative estimate of drug-likeness (QED) is 0.853. The molecule has 0 unspecified atom stereocenters. The lowest BCUT2D eigenvalue weighted by Gasteiger charge is -2.10. The molecular formula is C11H18ClN3O2. The molecule has 0 spiro atoms. The molecule has 0 radical (unpaired) electrons. The van der Waals surface area contributed by atoms with E-state index in [1.165, 1.54) is 0 Å². The van der Waals surface area contributed by atoms with Crippen molar-refractivity contribution in [3.63, 3.8) is 0 Å². The smallest absolute Gasteiger partial charge is 0.237 e. The van der Waals surface area contributed by atoms with Gasteiger partial charge in [0.25, 0.3) is 0 Å². The third kappa shape index (κ3) is 3.20. The van der Waals surface area contributed by atoms with E-state index in [4.69, 9.17) is 4.52 Å². The Morgan fingerprint density at radius 1 is 1.59 bits per heavy atom. The van der Waals surface area contributed by atoms with Gasteiger partial charge in [0.2, 0.25) is 5.91 Å². The van der Waals surface area contributed by atoms with Crippen molar-refractivity contribution in [2.75, 3.05) is 6.54 Å². The summed E-state index contributed by atoms with van der Waals surface area (Å²) in [7, 11) is 0. The van der Waals surface area contributed by atoms with Crippen LogP contribution >= 0.6 is 12.4 Å². The molecule has 1 amide bonds. The van der Waals surface area contributed by atoms with Crippen LogP contribution in [-0.2, 0) is 11.3 Å². The summed E-state index contributed by atoms with van der Waals surface area (Å²) in [6, 6.07) is -0.0273. The van der Waals surface area contributed by atoms with Crippen molar-refractivity contribution in [3.8, 4) is 0 Å². The van der Waals surface area contributed by atoms with Crippen LogP contribution in [0.1, 0.15) is 29.9 Å². The van der Waals surface area contributed by atoms with Crippen molar-refractivity contribution in [2.45, 2.75) is 39.3 Å². The molecule has 1 aromatic rings. The number of carbonyl (C=O) groups excluding carboxylic acids is 1. The number of hydrogen-bond donors (Lipinski definition) is 2. The summed E-state index contributed by atoms with van der Waals surface area (Å²) in [5.41, 5.74) is 1.82. The molecule has 0 bridgehead atoms. The predicted molar refractivity (Wildman–Crippen MR) is 66.1 cm³/mol. The van der Waals surface area contributed by atoms with Crippen molar-refractivity contribution < 1.29 is 9.32 Å². The molecule has 1 atom stereocenters. The summed E-state index contributed by atoms with van der Waals surface area (Å²) in [4.78, 5) is 11.7. The van der Waals surface area contributed by atoms with Gasteiger partial charge in [0.05, 0.1) is 11.7 Å². The number of aromatic nitrogens is 1. The van der Waals surface area contributed by atoms with E-state index in [1.807, 2.05) is 13.8 Å². The molecule has 0 aliphatic carbocycles. The monoisotopic (exact) mass is 259 g/mol. The second-order valence-corrected chi connectivity index (χ2v) is 4.17. The molecule has 5 nitrogen and oxygen atoms in total. The minimum atomic E-state index is -0.0273. The normalized spacial score (nSPS) is 18.8. The second-order valence-electron chi connectivity index (χ2n) is 4.17. The molecule has 0 aromatic carbocycles. The van der Waals surface area contributed by atoms with Gasteiger partial charge in [0, 0.05) is 12.1 Å². The van der Waals surface area contributed by atoms with E-state index in [9.17, 15) is 4.79 Å². The second kappa shape index (κ2) is 6.02. The molecular weight excluding hydrogens is 242 g/mol. The summed E-state index contributed by atoms with van der Waals surface area (Å²) >= 11 is 0. The van der Waals surface area contributed by atoms with Crippen molar-refractivity contribution in [1.29, 1.82) is 0 Å². The van der Waals surface area contributed by atoms with Crippen LogP contribution in [0.25, 0.3) is 0 Å². The predicted octanol–water partition coefficient (Wildman–Crippen LogP) is 1.08. The number of carbonyl (C=O) groups is 1. The van der Waals surface area contributed by atoms with E-state index in [-0.39, 0.29) is 24.4 Å². The lowest BCUT2D eigenvalue weighted by Crippen LogP contribution is -2.40. The number of hydrogen-bond acceptors (Lipinski definition) is 4. The van der Waals surface area contributed by atoms with Gasteiger partial charge in [-0.2, -0.15) is 0 Å². The summed E-state index contributed by atoms with van der Waals surface area (Å²) in [5.74, 6) is 0.842. The van der Waals surface area contributed by atoms with Gasteiger partial charge >= 0.3 is 0 Å². The summed E-state index contributed by atoms with van der Waals surface area (Å²) in [6.07, 6.45) is 2.00. The average Bonchev–Trinajstić information content (AvgIpc) is 2.87. The van der Waals surface area contributed by atoms with Crippen LogP contribution in [0.2, 0.25) is 0 Å². The fourth-order valence-electron chi connectivity index (χ4n) is 1.96. The number of nitrogens with one attached hydrogen (secondary N) is 2. The van der Waals surface area contributed by atoms with E-state index in [0.29, 0.717) is 6.54 Å². The molecule has 0 saturated carbocycles. The van der Waals surface area contributed by atoms with Gasteiger partial charge in [0.1, 0.15) is 5.76 Å². The molecule has 2 N–H and O–H groups in total. The maximum Gasteiger partial charge on any atom is 0.237 e. The molecule has 6 heteroatoms. The van der Waals surface area contributed by atoms with Crippen molar-refractivity contribution in [1.82, 2.24) is 15.8 Å². The van der Waals surface area contributed by atoms with Gasteiger partial charge in [-0.3, -0.25) is 4.79 Å². The highest BCUT2D eigenvalue weighted by molar-refractivity contribution is 5.85. The van der Waals surface area contributed by atoms with Crippen LogP contribution in [0, 0.1) is 13.8 Å². The number of rotatable bonds is 3. The van der Waals surface area contributed by atoms with Crippen molar-refractivity contribution in [3.05, 3.63) is 17.0 Å². The fourth-order valence-corrected chi connectivity index (χ4v) is 1.96. The standard InChI is InChI=1S/C11H17N3O2.ClH/c1-7-9(8(2)16-14-7)6-13-11(15)10-4-3-5-12-10;/h10,12H,3-6H2,1-2H3,(H,13,15);1H/t10-;/m0./s1. The topological polar surface area (TPSA) is 67.2 Å². The lowest BCUT2D eigenvalue weighted by molar-refractivity contribution is -0.122. The van der Waals surface area contributed by atoms with Crippen LogP contribution in [0.15, 0.2) is 4.52 Å². The highest BCUT2D eigenvalue weighted by Crippen LogP contribution is 2.12. The van der Waals surface area contributed by atoms with E-state index in [2.05, 4.69) is 15.8 Å². The number of amides is 1. The molecule has 17 heavy (non-hydrogen) atoms. The summed E-state index contributed by atoms with van der Waals surface area (Å²) < 4.78 is 5.04. The summed E-state index contributed by atoms with van der Waals surface area (Å²) in [6.45, 7) is 5.17. The van der Waals surface area contributed by atoms with Crippen LogP contribution in [0.4, 0.5) is 0 Å². The van der Waals surface area contributed by atoms with Crippen LogP contribution in [0.3, 0.4) is 0 Å². The third-order valence-corrected chi connectivity index (χ3v) is 3.00. The van der Waals surface area contributed by atoms with Gasteiger partial charge in [-0.05, 0) is 33.2 Å². The Balaban J connectivity index is 0.00000144. The number of nitrogens with zero attached hydrogens (tertiary/aromatic N) is 1. The zero-order chi connectivity index (χ0) is 11.5. The molecule has 2 heterocycles. The van der Waals surface area contributed by atoms with Gasteiger partial charge < -0.3 is 15.2 Å². The molecule has 1 saturated heterocycles. The Bertz CT molecular complexity index is 367. The molecule has 1 aliphatic heterocycles. The highest BCUT2D eigenvalue weighted by atomic mass is 35.5. The molecule has 2 rings (SSSR count).